The molecule has 184 valence electrons. The van der Waals surface area contributed by atoms with Gasteiger partial charge in [0.2, 0.25) is 5.70 Å². The Bertz CT molecular complexity index is 1530. The Kier molecular flexibility index (Phi) is 5.77. The number of aromatic nitrogens is 4. The van der Waals surface area contributed by atoms with E-state index in [1.165, 1.54) is 6.33 Å². The summed E-state index contributed by atoms with van der Waals surface area (Å²) in [5.74, 6) is 1.99. The van der Waals surface area contributed by atoms with Crippen LogP contribution in [0.2, 0.25) is 0 Å². The fraction of sp³-hybridized carbons (Fsp3) is 0.250. The summed E-state index contributed by atoms with van der Waals surface area (Å²) in [6.07, 6.45) is 6.08. The summed E-state index contributed by atoms with van der Waals surface area (Å²) in [7, 11) is 0. The van der Waals surface area contributed by atoms with Crippen molar-refractivity contribution in [2.24, 2.45) is 5.92 Å². The largest absolute Gasteiger partial charge is 0.457 e. The molecule has 1 aliphatic carbocycles. The molecule has 2 aromatic heterocycles. The second-order valence-electron chi connectivity index (χ2n) is 9.38. The highest BCUT2D eigenvalue weighted by Gasteiger charge is 2.33. The van der Waals surface area contributed by atoms with E-state index >= 15 is 0 Å². The third kappa shape index (κ3) is 4.49. The van der Waals surface area contributed by atoms with E-state index in [-0.39, 0.29) is 17.6 Å². The maximum atomic E-state index is 13.0. The van der Waals surface area contributed by atoms with Gasteiger partial charge in [-0.15, -0.1) is 0 Å². The number of anilines is 1. The van der Waals surface area contributed by atoms with Crippen molar-refractivity contribution < 1.29 is 9.53 Å². The van der Waals surface area contributed by atoms with Gasteiger partial charge >= 0.3 is 0 Å². The molecule has 1 saturated heterocycles. The molecule has 1 atom stereocenters. The second-order valence-corrected chi connectivity index (χ2v) is 9.38. The second kappa shape index (κ2) is 9.39. The number of carbonyl (C=O) groups is 1. The van der Waals surface area contributed by atoms with Crippen molar-refractivity contribution in [3.63, 3.8) is 0 Å². The molecule has 37 heavy (non-hydrogen) atoms. The van der Waals surface area contributed by atoms with Crippen molar-refractivity contribution in [1.29, 1.82) is 0 Å². The van der Waals surface area contributed by atoms with Crippen LogP contribution in [-0.4, -0.2) is 43.6 Å². The van der Waals surface area contributed by atoms with Gasteiger partial charge in [0.05, 0.1) is 18.0 Å². The maximum Gasteiger partial charge on any atom is 0.252 e. The highest BCUT2D eigenvalue weighted by Crippen LogP contribution is 2.36. The number of fused-ring (bicyclic) bond motifs is 1. The molecule has 9 nitrogen and oxygen atoms in total. The number of rotatable bonds is 6. The van der Waals surface area contributed by atoms with E-state index in [2.05, 4.69) is 14.8 Å². The quantitative estimate of drug-likeness (QED) is 0.305. The molecule has 2 aromatic carbocycles. The van der Waals surface area contributed by atoms with Gasteiger partial charge in [-0.3, -0.25) is 4.79 Å². The van der Waals surface area contributed by atoms with Gasteiger partial charge in [-0.1, -0.05) is 24.3 Å². The number of allylic oxidation sites excluding steroid dienone is 1. The first-order valence-electron chi connectivity index (χ1n) is 12.3. The first-order chi connectivity index (χ1) is 18.1. The zero-order valence-electron chi connectivity index (χ0n) is 20.1. The predicted octanol–water partition coefficient (Wildman–Crippen LogP) is 4.85. The topological polar surface area (TPSA) is 104 Å². The van der Waals surface area contributed by atoms with E-state index in [0.29, 0.717) is 53.7 Å². The van der Waals surface area contributed by atoms with Gasteiger partial charge in [0, 0.05) is 18.7 Å². The first kappa shape index (κ1) is 22.7. The zero-order valence-corrected chi connectivity index (χ0v) is 20.1. The lowest BCUT2D eigenvalue weighted by molar-refractivity contribution is -0.125. The molecule has 1 saturated carbocycles. The SMILES string of the molecule is [C-]#[N+]/C(=C\C1CC1)C(=O)N1CC[C@@H](n2nc(-c3ccc(Oc4ccccc4)cc3)c3c(N)ncnc32)C1. The Morgan fingerprint density at radius 2 is 1.81 bits per heavy atom. The molecule has 2 fully saturated rings. The monoisotopic (exact) mass is 491 g/mol. The maximum absolute atomic E-state index is 13.0. The van der Waals surface area contributed by atoms with Crippen molar-refractivity contribution in [2.45, 2.75) is 25.3 Å². The summed E-state index contributed by atoms with van der Waals surface area (Å²) in [6.45, 7) is 8.47. The van der Waals surface area contributed by atoms with Crippen molar-refractivity contribution in [3.8, 4) is 22.8 Å². The van der Waals surface area contributed by atoms with E-state index in [1.807, 2.05) is 65.4 Å². The standard InChI is InChI=1S/C28H25N7O2/c1-30-23(15-18-7-8-18)28(36)34-14-13-20(16-34)35-27-24(26(29)31-17-32-27)25(33-35)19-9-11-22(12-10-19)37-21-5-3-2-4-6-21/h2-6,9-12,15,17-18,20H,7-8,13-14,16H2,(H2,29,31,32)/b23-15-/t20-/m1/s1. The highest BCUT2D eigenvalue weighted by molar-refractivity contribution is 5.98. The van der Waals surface area contributed by atoms with Crippen LogP contribution in [0.5, 0.6) is 11.5 Å². The summed E-state index contributed by atoms with van der Waals surface area (Å²) >= 11 is 0. The van der Waals surface area contributed by atoms with Crippen molar-refractivity contribution >= 4 is 22.8 Å². The van der Waals surface area contributed by atoms with Crippen LogP contribution in [0, 0.1) is 12.5 Å². The molecule has 2 aliphatic rings. The summed E-state index contributed by atoms with van der Waals surface area (Å²) in [6, 6.07) is 17.2. The summed E-state index contributed by atoms with van der Waals surface area (Å²) in [5.41, 5.74) is 8.68. The number of carbonyl (C=O) groups excluding carboxylic acids is 1. The van der Waals surface area contributed by atoms with Crippen LogP contribution in [0.1, 0.15) is 25.3 Å². The van der Waals surface area contributed by atoms with E-state index in [1.54, 1.807) is 4.90 Å². The van der Waals surface area contributed by atoms with E-state index in [9.17, 15) is 4.79 Å². The number of likely N-dealkylation sites (tertiary alicyclic amines) is 1. The number of para-hydroxylation sites is 1. The van der Waals surface area contributed by atoms with Crippen LogP contribution in [0.3, 0.4) is 0 Å². The van der Waals surface area contributed by atoms with Crippen molar-refractivity contribution in [3.05, 3.63) is 84.1 Å². The highest BCUT2D eigenvalue weighted by atomic mass is 16.5. The average Bonchev–Trinajstić information content (AvgIpc) is 3.46. The first-order valence-corrected chi connectivity index (χ1v) is 12.3. The van der Waals surface area contributed by atoms with Crippen LogP contribution in [-0.2, 0) is 4.79 Å². The van der Waals surface area contributed by atoms with Gasteiger partial charge in [-0.05, 0) is 61.6 Å². The predicted molar refractivity (Wildman–Crippen MR) is 139 cm³/mol. The lowest BCUT2D eigenvalue weighted by Crippen LogP contribution is -2.30. The van der Waals surface area contributed by atoms with Gasteiger partial charge in [0.1, 0.15) is 29.3 Å². The third-order valence-corrected chi connectivity index (χ3v) is 6.78. The van der Waals surface area contributed by atoms with Crippen LogP contribution in [0.4, 0.5) is 5.82 Å². The van der Waals surface area contributed by atoms with E-state index < -0.39 is 0 Å². The lowest BCUT2D eigenvalue weighted by Gasteiger charge is -2.16. The van der Waals surface area contributed by atoms with Gasteiger partial charge in [0.15, 0.2) is 5.65 Å². The van der Waals surface area contributed by atoms with E-state index in [0.717, 1.165) is 24.2 Å². The fourth-order valence-corrected chi connectivity index (χ4v) is 4.69. The summed E-state index contributed by atoms with van der Waals surface area (Å²) in [5, 5.41) is 5.59. The molecule has 1 aliphatic heterocycles. The smallest absolute Gasteiger partial charge is 0.252 e. The van der Waals surface area contributed by atoms with Crippen LogP contribution < -0.4 is 10.5 Å². The Hall–Kier alpha value is -4.71. The van der Waals surface area contributed by atoms with Crippen molar-refractivity contribution in [2.75, 3.05) is 18.8 Å². The Balaban J connectivity index is 1.28. The number of hydrogen-bond donors (Lipinski definition) is 1. The number of amides is 1. The molecular weight excluding hydrogens is 466 g/mol. The molecule has 0 bridgehead atoms. The van der Waals surface area contributed by atoms with E-state index in [4.69, 9.17) is 22.1 Å². The van der Waals surface area contributed by atoms with Crippen LogP contribution >= 0.6 is 0 Å². The molecule has 0 unspecified atom stereocenters. The number of hydrogen-bond acceptors (Lipinski definition) is 6. The number of benzene rings is 2. The lowest BCUT2D eigenvalue weighted by atomic mass is 10.1. The number of nitrogen functional groups attached to an aromatic ring is 1. The number of nitrogens with two attached hydrogens (primary N) is 1. The Morgan fingerprint density at radius 1 is 1.05 bits per heavy atom. The Morgan fingerprint density at radius 3 is 2.54 bits per heavy atom. The van der Waals surface area contributed by atoms with Crippen LogP contribution in [0.15, 0.2) is 72.7 Å². The van der Waals surface area contributed by atoms with Gasteiger partial charge in [-0.25, -0.2) is 19.5 Å². The number of nitrogens with zero attached hydrogens (tertiary/aromatic N) is 6. The van der Waals surface area contributed by atoms with Gasteiger partial charge in [-0.2, -0.15) is 5.10 Å². The molecule has 6 rings (SSSR count). The summed E-state index contributed by atoms with van der Waals surface area (Å²) in [4.78, 5) is 26.9. The molecule has 2 N–H and O–H groups in total. The Labute approximate surface area is 214 Å². The molecule has 0 radical (unpaired) electrons. The van der Waals surface area contributed by atoms with Gasteiger partial charge in [0.25, 0.3) is 5.91 Å². The zero-order chi connectivity index (χ0) is 25.4. The molecular formula is C28H25N7O2. The van der Waals surface area contributed by atoms with Gasteiger partial charge < -0.3 is 15.4 Å². The minimum absolute atomic E-state index is 0.0805. The molecule has 0 spiro atoms. The molecule has 1 amide bonds. The number of ether oxygens (including phenoxy) is 1. The molecule has 4 aromatic rings. The average molecular weight is 492 g/mol. The fourth-order valence-electron chi connectivity index (χ4n) is 4.69. The minimum Gasteiger partial charge on any atom is -0.457 e. The van der Waals surface area contributed by atoms with Crippen LogP contribution in [0.25, 0.3) is 27.1 Å². The molecule has 9 heteroatoms. The van der Waals surface area contributed by atoms with Crippen molar-refractivity contribution in [1.82, 2.24) is 24.6 Å². The molecule has 3 heterocycles. The summed E-state index contributed by atoms with van der Waals surface area (Å²) < 4.78 is 7.77. The normalized spacial score (nSPS) is 17.6. The third-order valence-electron chi connectivity index (χ3n) is 6.78. The minimum atomic E-state index is -0.204.